The van der Waals surface area contributed by atoms with E-state index in [1.807, 2.05) is 0 Å². The predicted octanol–water partition coefficient (Wildman–Crippen LogP) is 5.71. The topological polar surface area (TPSA) is 41.6 Å². The van der Waals surface area contributed by atoms with E-state index in [1.165, 1.54) is 22.4 Å². The van der Waals surface area contributed by atoms with E-state index in [9.17, 15) is 4.79 Å². The maximum Gasteiger partial charge on any atom is 0.411 e. The zero-order valence-corrected chi connectivity index (χ0v) is 17.0. The van der Waals surface area contributed by atoms with Crippen molar-refractivity contribution >= 4 is 29.1 Å². The van der Waals surface area contributed by atoms with Crippen LogP contribution in [0, 0.1) is 0 Å². The first-order chi connectivity index (χ1) is 13.7. The molecule has 2 aromatic rings. The molecule has 0 spiro atoms. The molecular formula is C23H27ClN2O2. The standard InChI is InChI=1S/C23H27ClN2O2/c1-16-8-11-26-12-9-19(17-6-3-2-4-7-17)21-15-18(14-20(16)22(21)26)25-23(27)28-13-5-10-24/h2-4,6-7,14-16,19H,5,8-13H2,1H3,(H,25,27)/t16-,19+/m1/s1. The number of anilines is 2. The second-order valence-electron chi connectivity index (χ2n) is 7.74. The van der Waals surface area contributed by atoms with Crippen molar-refractivity contribution in [3.8, 4) is 0 Å². The number of ether oxygens (including phenoxy) is 1. The van der Waals surface area contributed by atoms with E-state index in [4.69, 9.17) is 16.3 Å². The van der Waals surface area contributed by atoms with Gasteiger partial charge in [0.1, 0.15) is 0 Å². The van der Waals surface area contributed by atoms with E-state index >= 15 is 0 Å². The Labute approximate surface area is 171 Å². The van der Waals surface area contributed by atoms with E-state index < -0.39 is 6.09 Å². The van der Waals surface area contributed by atoms with E-state index in [0.717, 1.165) is 31.6 Å². The minimum absolute atomic E-state index is 0.337. The smallest absolute Gasteiger partial charge is 0.411 e. The SMILES string of the molecule is C[C@@H]1CCN2CC[C@@H](c3ccccc3)c3cc(NC(=O)OCCCCl)cc1c32. The molecule has 2 aliphatic rings. The molecule has 0 saturated carbocycles. The van der Waals surface area contributed by atoms with E-state index in [0.29, 0.717) is 30.7 Å². The van der Waals surface area contributed by atoms with Crippen LogP contribution in [0.3, 0.4) is 0 Å². The van der Waals surface area contributed by atoms with Crippen molar-refractivity contribution in [2.24, 2.45) is 0 Å². The average Bonchev–Trinajstić information content (AvgIpc) is 2.71. The Bertz CT molecular complexity index is 840. The zero-order valence-electron chi connectivity index (χ0n) is 16.3. The summed E-state index contributed by atoms with van der Waals surface area (Å²) in [7, 11) is 0. The van der Waals surface area contributed by atoms with Crippen LogP contribution in [0.1, 0.15) is 54.7 Å². The van der Waals surface area contributed by atoms with Gasteiger partial charge < -0.3 is 9.64 Å². The van der Waals surface area contributed by atoms with Crippen molar-refractivity contribution in [3.05, 3.63) is 59.2 Å². The first kappa shape index (κ1) is 19.1. The van der Waals surface area contributed by atoms with Gasteiger partial charge in [-0.2, -0.15) is 0 Å². The number of amides is 1. The van der Waals surface area contributed by atoms with Crippen molar-refractivity contribution in [3.63, 3.8) is 0 Å². The summed E-state index contributed by atoms with van der Waals surface area (Å²) >= 11 is 5.66. The van der Waals surface area contributed by atoms with Gasteiger partial charge in [0.15, 0.2) is 0 Å². The number of benzene rings is 2. The van der Waals surface area contributed by atoms with Gasteiger partial charge in [-0.3, -0.25) is 5.32 Å². The summed E-state index contributed by atoms with van der Waals surface area (Å²) in [6, 6.07) is 15.0. The summed E-state index contributed by atoms with van der Waals surface area (Å²) in [5, 5.41) is 2.93. The molecule has 0 saturated heterocycles. The highest BCUT2D eigenvalue weighted by atomic mass is 35.5. The highest BCUT2D eigenvalue weighted by Crippen LogP contribution is 2.47. The van der Waals surface area contributed by atoms with Crippen LogP contribution in [-0.2, 0) is 4.74 Å². The second-order valence-corrected chi connectivity index (χ2v) is 8.11. The molecule has 148 valence electrons. The average molecular weight is 399 g/mol. The maximum absolute atomic E-state index is 12.2. The third-order valence-electron chi connectivity index (χ3n) is 5.87. The van der Waals surface area contributed by atoms with Crippen LogP contribution in [0.15, 0.2) is 42.5 Å². The molecule has 0 unspecified atom stereocenters. The lowest BCUT2D eigenvalue weighted by atomic mass is 9.78. The van der Waals surface area contributed by atoms with Crippen LogP contribution in [0.25, 0.3) is 0 Å². The minimum atomic E-state index is -0.412. The predicted molar refractivity (Wildman–Crippen MR) is 115 cm³/mol. The molecule has 4 rings (SSSR count). The summed E-state index contributed by atoms with van der Waals surface area (Å²) < 4.78 is 5.23. The number of rotatable bonds is 5. The number of carbonyl (C=O) groups is 1. The number of carbonyl (C=O) groups excluding carboxylic acids is 1. The van der Waals surface area contributed by atoms with Crippen LogP contribution >= 0.6 is 11.6 Å². The van der Waals surface area contributed by atoms with E-state index in [-0.39, 0.29) is 0 Å². The van der Waals surface area contributed by atoms with E-state index in [1.54, 1.807) is 0 Å². The van der Waals surface area contributed by atoms with Gasteiger partial charge in [0.05, 0.1) is 6.61 Å². The fraction of sp³-hybridized carbons (Fsp3) is 0.435. The monoisotopic (exact) mass is 398 g/mol. The third kappa shape index (κ3) is 3.83. The van der Waals surface area contributed by atoms with Crippen molar-refractivity contribution < 1.29 is 9.53 Å². The lowest BCUT2D eigenvalue weighted by Gasteiger charge is -2.42. The quantitative estimate of drug-likeness (QED) is 0.517. The molecule has 0 aromatic heterocycles. The van der Waals surface area contributed by atoms with Crippen molar-refractivity contribution in [2.45, 2.75) is 38.0 Å². The first-order valence-corrected chi connectivity index (χ1v) is 10.7. The van der Waals surface area contributed by atoms with Gasteiger partial charge in [-0.15, -0.1) is 11.6 Å². The Morgan fingerprint density at radius 1 is 1.18 bits per heavy atom. The molecule has 2 aliphatic heterocycles. The molecule has 0 bridgehead atoms. The van der Waals surface area contributed by atoms with Gasteiger partial charge in [0.25, 0.3) is 0 Å². The summed E-state index contributed by atoms with van der Waals surface area (Å²) in [6.07, 6.45) is 2.48. The summed E-state index contributed by atoms with van der Waals surface area (Å²) in [5.41, 5.74) is 6.18. The highest BCUT2D eigenvalue weighted by molar-refractivity contribution is 6.17. The molecule has 0 aliphatic carbocycles. The van der Waals surface area contributed by atoms with Gasteiger partial charge in [-0.25, -0.2) is 4.79 Å². The Kier molecular flexibility index (Phi) is 5.77. The van der Waals surface area contributed by atoms with Crippen molar-refractivity contribution in [2.75, 3.05) is 35.8 Å². The van der Waals surface area contributed by atoms with Crippen LogP contribution in [0.2, 0.25) is 0 Å². The fourth-order valence-electron chi connectivity index (χ4n) is 4.44. The Morgan fingerprint density at radius 2 is 1.93 bits per heavy atom. The molecule has 4 nitrogen and oxygen atoms in total. The normalized spacial score (nSPS) is 20.4. The molecular weight excluding hydrogens is 372 g/mol. The number of alkyl halides is 1. The number of nitrogens with zero attached hydrogens (tertiary/aromatic N) is 1. The second kappa shape index (κ2) is 8.44. The van der Waals surface area contributed by atoms with Crippen LogP contribution in [0.5, 0.6) is 0 Å². The van der Waals surface area contributed by atoms with Gasteiger partial charge >= 0.3 is 6.09 Å². The molecule has 0 fully saturated rings. The minimum Gasteiger partial charge on any atom is -0.449 e. The Morgan fingerprint density at radius 3 is 2.71 bits per heavy atom. The lowest BCUT2D eigenvalue weighted by Crippen LogP contribution is -2.37. The molecule has 28 heavy (non-hydrogen) atoms. The molecule has 2 heterocycles. The lowest BCUT2D eigenvalue weighted by molar-refractivity contribution is 0.162. The van der Waals surface area contributed by atoms with Gasteiger partial charge in [0, 0.05) is 36.3 Å². The van der Waals surface area contributed by atoms with Gasteiger partial charge in [-0.1, -0.05) is 37.3 Å². The van der Waals surface area contributed by atoms with E-state index in [2.05, 4.69) is 59.6 Å². The fourth-order valence-corrected chi connectivity index (χ4v) is 4.55. The van der Waals surface area contributed by atoms with Crippen LogP contribution < -0.4 is 10.2 Å². The van der Waals surface area contributed by atoms with Crippen LogP contribution in [-0.4, -0.2) is 31.7 Å². The number of halogens is 1. The van der Waals surface area contributed by atoms with Crippen molar-refractivity contribution in [1.29, 1.82) is 0 Å². The van der Waals surface area contributed by atoms with Gasteiger partial charge in [-0.05, 0) is 54.0 Å². The third-order valence-corrected chi connectivity index (χ3v) is 6.14. The molecule has 0 radical (unpaired) electrons. The maximum atomic E-state index is 12.2. The molecule has 1 amide bonds. The molecule has 2 atom stereocenters. The number of nitrogens with one attached hydrogen (secondary N) is 1. The largest absolute Gasteiger partial charge is 0.449 e. The molecule has 5 heteroatoms. The zero-order chi connectivity index (χ0) is 19.5. The summed E-state index contributed by atoms with van der Waals surface area (Å²) in [5.74, 6) is 1.32. The molecule has 2 aromatic carbocycles. The molecule has 1 N–H and O–H groups in total. The Hall–Kier alpha value is -2.20. The van der Waals surface area contributed by atoms with Gasteiger partial charge in [0.2, 0.25) is 0 Å². The Balaban J connectivity index is 1.69. The summed E-state index contributed by atoms with van der Waals surface area (Å²) in [6.45, 7) is 4.81. The van der Waals surface area contributed by atoms with Crippen LogP contribution in [0.4, 0.5) is 16.2 Å². The highest BCUT2D eigenvalue weighted by Gasteiger charge is 2.33. The first-order valence-electron chi connectivity index (χ1n) is 10.1. The number of hydrogen-bond donors (Lipinski definition) is 1. The van der Waals surface area contributed by atoms with Crippen molar-refractivity contribution in [1.82, 2.24) is 0 Å². The summed E-state index contributed by atoms with van der Waals surface area (Å²) in [4.78, 5) is 14.7. The number of hydrogen-bond acceptors (Lipinski definition) is 3.